The third-order valence-electron chi connectivity index (χ3n) is 10.1. The number of nitrogens with zero attached hydrogens (tertiary/aromatic N) is 6. The number of aliphatic carboxylic acids is 1. The largest absolute Gasteiger partial charge is 0.481 e. The van der Waals surface area contributed by atoms with Gasteiger partial charge in [0.15, 0.2) is 11.4 Å². The van der Waals surface area contributed by atoms with Crippen molar-refractivity contribution in [2.75, 3.05) is 25.0 Å². The maximum atomic E-state index is 11.8. The SMILES string of the molecule is Cc1nc(Nc2cccc(-c3cccc(-c4nc5cc(CN6CCC(C)(C(=O)O)C6)cc(C#N)c5o4)c3C)c2C)c2ncc(CNCC(C)O)cc2n1. The Morgan fingerprint density at radius 3 is 2.49 bits per heavy atom. The summed E-state index contributed by atoms with van der Waals surface area (Å²) < 4.78 is 6.29. The van der Waals surface area contributed by atoms with Gasteiger partial charge in [-0.2, -0.15) is 5.26 Å². The smallest absolute Gasteiger partial charge is 0.310 e. The molecule has 12 heteroatoms. The summed E-state index contributed by atoms with van der Waals surface area (Å²) in [6.07, 6.45) is 1.95. The highest BCUT2D eigenvalue weighted by Crippen LogP contribution is 2.38. The maximum Gasteiger partial charge on any atom is 0.310 e. The zero-order chi connectivity index (χ0) is 37.4. The average molecular weight is 711 g/mol. The number of nitriles is 1. The Morgan fingerprint density at radius 2 is 1.75 bits per heavy atom. The fraction of sp³-hybridized carbons (Fsp3) is 0.317. The van der Waals surface area contributed by atoms with Gasteiger partial charge in [0.1, 0.15) is 22.9 Å². The van der Waals surface area contributed by atoms with E-state index in [2.05, 4.69) is 45.6 Å². The molecule has 0 radical (unpaired) electrons. The van der Waals surface area contributed by atoms with Gasteiger partial charge in [-0.1, -0.05) is 24.3 Å². The number of aliphatic hydroxyl groups is 1. The zero-order valence-electron chi connectivity index (χ0n) is 30.5. The van der Waals surface area contributed by atoms with Gasteiger partial charge in [0.25, 0.3) is 0 Å². The topological polar surface area (TPSA) is 173 Å². The Labute approximate surface area is 307 Å². The Hall–Kier alpha value is -5.74. The van der Waals surface area contributed by atoms with E-state index in [1.807, 2.05) is 56.3 Å². The molecule has 2 unspecified atom stereocenters. The molecule has 270 valence electrons. The van der Waals surface area contributed by atoms with E-state index in [0.717, 1.165) is 50.1 Å². The summed E-state index contributed by atoms with van der Waals surface area (Å²) in [6.45, 7) is 12.2. The Bertz CT molecular complexity index is 2420. The number of pyridine rings is 1. The van der Waals surface area contributed by atoms with Crippen molar-refractivity contribution in [3.05, 3.63) is 94.4 Å². The van der Waals surface area contributed by atoms with Gasteiger partial charge in [-0.3, -0.25) is 14.7 Å². The Morgan fingerprint density at radius 1 is 1.02 bits per heavy atom. The second kappa shape index (κ2) is 14.4. The monoisotopic (exact) mass is 710 g/mol. The van der Waals surface area contributed by atoms with Gasteiger partial charge in [0.05, 0.1) is 22.6 Å². The number of likely N-dealkylation sites (tertiary alicyclic amines) is 1. The van der Waals surface area contributed by atoms with E-state index in [1.54, 1.807) is 20.0 Å². The molecule has 0 saturated carbocycles. The molecule has 12 nitrogen and oxygen atoms in total. The minimum Gasteiger partial charge on any atom is -0.481 e. The number of hydrogen-bond donors (Lipinski definition) is 4. The summed E-state index contributed by atoms with van der Waals surface area (Å²) in [4.78, 5) is 32.8. The molecule has 1 saturated heterocycles. The van der Waals surface area contributed by atoms with Crippen LogP contribution in [0.25, 0.3) is 44.7 Å². The van der Waals surface area contributed by atoms with Crippen molar-refractivity contribution >= 4 is 39.6 Å². The molecule has 0 amide bonds. The predicted molar refractivity (Wildman–Crippen MR) is 203 cm³/mol. The molecule has 4 N–H and O–H groups in total. The summed E-state index contributed by atoms with van der Waals surface area (Å²) in [5, 5.41) is 36.0. The van der Waals surface area contributed by atoms with Gasteiger partial charge in [0, 0.05) is 43.6 Å². The number of rotatable bonds is 11. The lowest BCUT2D eigenvalue weighted by atomic mass is 9.90. The molecular weight excluding hydrogens is 669 g/mol. The first-order valence-corrected chi connectivity index (χ1v) is 17.7. The van der Waals surface area contributed by atoms with Crippen molar-refractivity contribution in [2.24, 2.45) is 5.41 Å². The van der Waals surface area contributed by atoms with Crippen LogP contribution in [-0.4, -0.2) is 66.8 Å². The van der Waals surface area contributed by atoms with Crippen LogP contribution >= 0.6 is 0 Å². The summed E-state index contributed by atoms with van der Waals surface area (Å²) in [6, 6.07) is 20.1. The molecule has 1 fully saturated rings. The first-order chi connectivity index (χ1) is 25.4. The van der Waals surface area contributed by atoms with Gasteiger partial charge >= 0.3 is 5.97 Å². The van der Waals surface area contributed by atoms with E-state index in [4.69, 9.17) is 19.4 Å². The van der Waals surface area contributed by atoms with Crippen LogP contribution in [0.5, 0.6) is 0 Å². The van der Waals surface area contributed by atoms with Gasteiger partial charge in [-0.25, -0.2) is 15.0 Å². The first kappa shape index (κ1) is 35.7. The molecule has 2 atom stereocenters. The van der Waals surface area contributed by atoms with Crippen LogP contribution in [0.3, 0.4) is 0 Å². The standard InChI is InChI=1S/C41H42N8O4/c1-23(50)18-43-19-28-16-34-36(44-20-28)38(46-26(4)45-34)47-33-11-7-9-31(25(33)3)30-8-6-10-32(24(30)2)39-48-35-15-27(14-29(17-42)37(35)53-39)21-49-13-12-41(5,22-49)40(51)52/h6-11,14-16,20,23,43,50H,12-13,18-19,21-22H2,1-5H3,(H,51,52)(H,45,46,47). The Balaban J connectivity index is 1.17. The zero-order valence-corrected chi connectivity index (χ0v) is 30.5. The second-order valence-corrected chi connectivity index (χ2v) is 14.3. The van der Waals surface area contributed by atoms with E-state index in [-0.39, 0.29) is 0 Å². The highest BCUT2D eigenvalue weighted by molar-refractivity contribution is 5.90. The van der Waals surface area contributed by atoms with E-state index >= 15 is 0 Å². The quantitative estimate of drug-likeness (QED) is 0.111. The molecule has 0 spiro atoms. The van der Waals surface area contributed by atoms with Gasteiger partial charge in [-0.15, -0.1) is 0 Å². The van der Waals surface area contributed by atoms with E-state index in [0.29, 0.717) is 78.9 Å². The minimum atomic E-state index is -0.787. The number of oxazole rings is 1. The van der Waals surface area contributed by atoms with Crippen LogP contribution in [-0.2, 0) is 17.9 Å². The fourth-order valence-electron chi connectivity index (χ4n) is 7.14. The number of carboxylic acids is 1. The van der Waals surface area contributed by atoms with E-state index in [9.17, 15) is 20.3 Å². The molecule has 1 aliphatic heterocycles. The summed E-state index contributed by atoms with van der Waals surface area (Å²) in [7, 11) is 0. The average Bonchev–Trinajstić information content (AvgIpc) is 3.72. The van der Waals surface area contributed by atoms with Crippen molar-refractivity contribution < 1.29 is 19.4 Å². The van der Waals surface area contributed by atoms with Gasteiger partial charge in [-0.05, 0) is 111 Å². The third kappa shape index (κ3) is 7.19. The van der Waals surface area contributed by atoms with Crippen LogP contribution in [0.4, 0.5) is 11.5 Å². The van der Waals surface area contributed by atoms with E-state index in [1.165, 1.54) is 0 Å². The number of anilines is 2. The number of benzene rings is 3. The molecule has 6 aromatic rings. The molecular formula is C41H42N8O4. The third-order valence-corrected chi connectivity index (χ3v) is 10.1. The van der Waals surface area contributed by atoms with Gasteiger partial charge in [0.2, 0.25) is 5.89 Å². The molecule has 3 aromatic carbocycles. The summed E-state index contributed by atoms with van der Waals surface area (Å²) in [5.74, 6) is 0.872. The highest BCUT2D eigenvalue weighted by Gasteiger charge is 2.40. The number of aromatic nitrogens is 4. The van der Waals surface area contributed by atoms with Crippen molar-refractivity contribution in [2.45, 2.75) is 60.2 Å². The number of aliphatic hydroxyl groups excluding tert-OH is 1. The minimum absolute atomic E-state index is 0.395. The molecule has 1 aliphatic rings. The summed E-state index contributed by atoms with van der Waals surface area (Å²) in [5.41, 5.74) is 9.62. The van der Waals surface area contributed by atoms with Gasteiger partial charge < -0.3 is 25.3 Å². The lowest BCUT2D eigenvalue weighted by molar-refractivity contribution is -0.147. The number of fused-ring (bicyclic) bond motifs is 2. The Kier molecular flexibility index (Phi) is 9.65. The van der Waals surface area contributed by atoms with E-state index < -0.39 is 17.5 Å². The van der Waals surface area contributed by atoms with Crippen LogP contribution in [0.15, 0.2) is 65.2 Å². The van der Waals surface area contributed by atoms with Crippen molar-refractivity contribution in [1.82, 2.24) is 30.2 Å². The first-order valence-electron chi connectivity index (χ1n) is 17.7. The molecule has 53 heavy (non-hydrogen) atoms. The molecule has 7 rings (SSSR count). The normalized spacial score (nSPS) is 16.6. The molecule has 0 bridgehead atoms. The lowest BCUT2D eigenvalue weighted by Crippen LogP contribution is -2.31. The fourth-order valence-corrected chi connectivity index (χ4v) is 7.14. The number of carboxylic acid groups (broad SMARTS) is 1. The number of hydrogen-bond acceptors (Lipinski definition) is 11. The van der Waals surface area contributed by atoms with Crippen LogP contribution in [0, 0.1) is 37.5 Å². The van der Waals surface area contributed by atoms with Crippen molar-refractivity contribution in [3.8, 4) is 28.7 Å². The number of carbonyl (C=O) groups is 1. The van der Waals surface area contributed by atoms with Crippen LogP contribution in [0.1, 0.15) is 53.9 Å². The second-order valence-electron chi connectivity index (χ2n) is 14.3. The van der Waals surface area contributed by atoms with Crippen molar-refractivity contribution in [1.29, 1.82) is 5.26 Å². The molecule has 4 heterocycles. The number of nitrogens with one attached hydrogen (secondary N) is 2. The maximum absolute atomic E-state index is 11.8. The molecule has 0 aliphatic carbocycles. The highest BCUT2D eigenvalue weighted by atomic mass is 16.4. The van der Waals surface area contributed by atoms with Crippen molar-refractivity contribution in [3.63, 3.8) is 0 Å². The molecule has 3 aromatic heterocycles. The predicted octanol–water partition coefficient (Wildman–Crippen LogP) is 6.81. The van der Waals surface area contributed by atoms with Crippen LogP contribution in [0.2, 0.25) is 0 Å². The lowest BCUT2D eigenvalue weighted by Gasteiger charge is -2.20. The summed E-state index contributed by atoms with van der Waals surface area (Å²) >= 11 is 0. The van der Waals surface area contributed by atoms with Crippen LogP contribution < -0.4 is 10.6 Å². The number of aryl methyl sites for hydroxylation is 1.